The molecule has 0 aliphatic carbocycles. The first-order chi connectivity index (χ1) is 9.45. The maximum atomic E-state index is 11.9. The van der Waals surface area contributed by atoms with Crippen LogP contribution < -0.4 is 10.6 Å². The topological polar surface area (TPSA) is 78.4 Å². The fourth-order valence-electron chi connectivity index (χ4n) is 1.81. The number of carboxylic acids is 1. The van der Waals surface area contributed by atoms with Crippen LogP contribution in [0.2, 0.25) is 0 Å². The van der Waals surface area contributed by atoms with Gasteiger partial charge in [-0.2, -0.15) is 11.8 Å². The van der Waals surface area contributed by atoms with Gasteiger partial charge in [-0.05, 0) is 43.4 Å². The van der Waals surface area contributed by atoms with Gasteiger partial charge in [-0.15, -0.1) is 0 Å². The van der Waals surface area contributed by atoms with Crippen molar-refractivity contribution in [3.8, 4) is 0 Å². The smallest absolute Gasteiger partial charge is 0.326 e. The van der Waals surface area contributed by atoms with E-state index >= 15 is 0 Å². The summed E-state index contributed by atoms with van der Waals surface area (Å²) in [6.45, 7) is 3.79. The van der Waals surface area contributed by atoms with Crippen molar-refractivity contribution in [2.75, 3.05) is 17.3 Å². The standard InChI is InChI=1S/C14H20N2O3S/c1-9-5-4-6-10(2)12(9)16-14(19)15-11(13(17)18)7-8-20-3/h4-6,11H,7-8H2,1-3H3,(H,17,18)(H2,15,16,19)/t11-/m1/s1. The predicted molar refractivity (Wildman–Crippen MR) is 82.5 cm³/mol. The van der Waals surface area contributed by atoms with Gasteiger partial charge in [-0.25, -0.2) is 9.59 Å². The molecular weight excluding hydrogens is 276 g/mol. The normalized spacial score (nSPS) is 11.8. The molecule has 20 heavy (non-hydrogen) atoms. The van der Waals surface area contributed by atoms with E-state index in [2.05, 4.69) is 10.6 Å². The summed E-state index contributed by atoms with van der Waals surface area (Å²) in [7, 11) is 0. The zero-order chi connectivity index (χ0) is 15.1. The molecule has 110 valence electrons. The van der Waals surface area contributed by atoms with Crippen LogP contribution in [0.1, 0.15) is 17.5 Å². The van der Waals surface area contributed by atoms with Crippen LogP contribution in [0.25, 0.3) is 0 Å². The van der Waals surface area contributed by atoms with Crippen molar-refractivity contribution < 1.29 is 14.7 Å². The molecule has 3 N–H and O–H groups in total. The minimum Gasteiger partial charge on any atom is -0.480 e. The van der Waals surface area contributed by atoms with Gasteiger partial charge < -0.3 is 15.7 Å². The number of thioether (sulfide) groups is 1. The second kappa shape index (κ2) is 7.79. The third-order valence-corrected chi connectivity index (χ3v) is 3.58. The Balaban J connectivity index is 2.68. The molecule has 0 radical (unpaired) electrons. The molecule has 0 aromatic heterocycles. The van der Waals surface area contributed by atoms with E-state index in [4.69, 9.17) is 5.11 Å². The Morgan fingerprint density at radius 1 is 1.30 bits per heavy atom. The third kappa shape index (κ3) is 4.77. The first kappa shape index (κ1) is 16.4. The summed E-state index contributed by atoms with van der Waals surface area (Å²) in [6, 6.07) is 4.34. The lowest BCUT2D eigenvalue weighted by Gasteiger charge is -2.16. The molecule has 0 spiro atoms. The summed E-state index contributed by atoms with van der Waals surface area (Å²) < 4.78 is 0. The summed E-state index contributed by atoms with van der Waals surface area (Å²) in [4.78, 5) is 23.0. The number of rotatable bonds is 6. The summed E-state index contributed by atoms with van der Waals surface area (Å²) in [5.41, 5.74) is 2.60. The number of carbonyl (C=O) groups excluding carboxylic acids is 1. The summed E-state index contributed by atoms with van der Waals surface area (Å²) in [6.07, 6.45) is 2.30. The molecule has 0 heterocycles. The van der Waals surface area contributed by atoms with Crippen molar-refractivity contribution in [3.63, 3.8) is 0 Å². The zero-order valence-electron chi connectivity index (χ0n) is 11.9. The molecule has 0 aliphatic heterocycles. The Morgan fingerprint density at radius 2 is 1.90 bits per heavy atom. The molecule has 1 atom stereocenters. The van der Waals surface area contributed by atoms with Crippen LogP contribution in [-0.4, -0.2) is 35.2 Å². The van der Waals surface area contributed by atoms with E-state index in [0.717, 1.165) is 16.8 Å². The van der Waals surface area contributed by atoms with E-state index in [1.165, 1.54) is 0 Å². The van der Waals surface area contributed by atoms with Gasteiger partial charge in [0.1, 0.15) is 6.04 Å². The van der Waals surface area contributed by atoms with Crippen LogP contribution in [0.15, 0.2) is 18.2 Å². The Labute approximate surface area is 123 Å². The molecule has 1 rings (SSSR count). The molecule has 2 amide bonds. The fourth-order valence-corrected chi connectivity index (χ4v) is 2.28. The quantitative estimate of drug-likeness (QED) is 0.754. The maximum absolute atomic E-state index is 11.9. The van der Waals surface area contributed by atoms with Gasteiger partial charge in [0.05, 0.1) is 0 Å². The first-order valence-corrected chi connectivity index (χ1v) is 7.70. The number of urea groups is 1. The van der Waals surface area contributed by atoms with Gasteiger partial charge in [-0.1, -0.05) is 18.2 Å². The lowest BCUT2D eigenvalue weighted by atomic mass is 10.1. The first-order valence-electron chi connectivity index (χ1n) is 6.31. The minimum absolute atomic E-state index is 0.399. The van der Waals surface area contributed by atoms with Crippen LogP contribution >= 0.6 is 11.8 Å². The van der Waals surface area contributed by atoms with E-state index in [0.29, 0.717) is 12.2 Å². The monoisotopic (exact) mass is 296 g/mol. The van der Waals surface area contributed by atoms with E-state index in [-0.39, 0.29) is 0 Å². The average Bonchev–Trinajstić information content (AvgIpc) is 2.38. The number of aryl methyl sites for hydroxylation is 2. The third-order valence-electron chi connectivity index (χ3n) is 2.93. The van der Waals surface area contributed by atoms with Gasteiger partial charge in [0.25, 0.3) is 0 Å². The molecule has 0 fully saturated rings. The largest absolute Gasteiger partial charge is 0.480 e. The molecule has 1 aromatic carbocycles. The van der Waals surface area contributed by atoms with Crippen molar-refractivity contribution in [1.82, 2.24) is 5.32 Å². The molecular formula is C14H20N2O3S. The SMILES string of the molecule is CSCC[C@@H](NC(=O)Nc1c(C)cccc1C)C(=O)O. The van der Waals surface area contributed by atoms with Crippen molar-refractivity contribution >= 4 is 29.4 Å². The van der Waals surface area contributed by atoms with Gasteiger partial charge in [0.2, 0.25) is 0 Å². The van der Waals surface area contributed by atoms with Crippen molar-refractivity contribution in [2.24, 2.45) is 0 Å². The Hall–Kier alpha value is -1.69. The number of para-hydroxylation sites is 1. The molecule has 0 saturated carbocycles. The summed E-state index contributed by atoms with van der Waals surface area (Å²) >= 11 is 1.55. The highest BCUT2D eigenvalue weighted by Gasteiger charge is 2.19. The van der Waals surface area contributed by atoms with Crippen molar-refractivity contribution in [3.05, 3.63) is 29.3 Å². The fraction of sp³-hybridized carbons (Fsp3) is 0.429. The Bertz CT molecular complexity index is 471. The van der Waals surface area contributed by atoms with Gasteiger partial charge >= 0.3 is 12.0 Å². The highest BCUT2D eigenvalue weighted by molar-refractivity contribution is 7.98. The molecule has 0 bridgehead atoms. The lowest BCUT2D eigenvalue weighted by molar-refractivity contribution is -0.139. The van der Waals surface area contributed by atoms with E-state index < -0.39 is 18.0 Å². The number of anilines is 1. The number of aliphatic carboxylic acids is 1. The number of hydrogen-bond donors (Lipinski definition) is 3. The average molecular weight is 296 g/mol. The van der Waals surface area contributed by atoms with Crippen molar-refractivity contribution in [1.29, 1.82) is 0 Å². The van der Waals surface area contributed by atoms with Crippen LogP contribution in [0.5, 0.6) is 0 Å². The number of benzene rings is 1. The summed E-state index contributed by atoms with van der Waals surface area (Å²) in [5.74, 6) is -0.337. The maximum Gasteiger partial charge on any atom is 0.326 e. The molecule has 5 nitrogen and oxygen atoms in total. The zero-order valence-corrected chi connectivity index (χ0v) is 12.7. The minimum atomic E-state index is -1.02. The molecule has 0 unspecified atom stereocenters. The Morgan fingerprint density at radius 3 is 2.40 bits per heavy atom. The number of amides is 2. The molecule has 1 aromatic rings. The summed E-state index contributed by atoms with van der Waals surface area (Å²) in [5, 5.41) is 14.3. The number of carboxylic acid groups (broad SMARTS) is 1. The highest BCUT2D eigenvalue weighted by Crippen LogP contribution is 2.19. The van der Waals surface area contributed by atoms with E-state index in [1.54, 1.807) is 11.8 Å². The molecule has 6 heteroatoms. The van der Waals surface area contributed by atoms with Crippen LogP contribution in [-0.2, 0) is 4.79 Å². The van der Waals surface area contributed by atoms with Gasteiger partial charge in [0.15, 0.2) is 0 Å². The second-order valence-electron chi connectivity index (χ2n) is 4.54. The highest BCUT2D eigenvalue weighted by atomic mass is 32.2. The number of carbonyl (C=O) groups is 2. The second-order valence-corrected chi connectivity index (χ2v) is 5.52. The molecule has 0 saturated heterocycles. The van der Waals surface area contributed by atoms with E-state index in [1.807, 2.05) is 38.3 Å². The van der Waals surface area contributed by atoms with Crippen molar-refractivity contribution in [2.45, 2.75) is 26.3 Å². The van der Waals surface area contributed by atoms with E-state index in [9.17, 15) is 9.59 Å². The van der Waals surface area contributed by atoms with Gasteiger partial charge in [0, 0.05) is 5.69 Å². The lowest BCUT2D eigenvalue weighted by Crippen LogP contribution is -2.43. The Kier molecular flexibility index (Phi) is 6.38. The van der Waals surface area contributed by atoms with Crippen LogP contribution in [0.3, 0.4) is 0 Å². The van der Waals surface area contributed by atoms with Crippen LogP contribution in [0, 0.1) is 13.8 Å². The number of nitrogens with one attached hydrogen (secondary N) is 2. The number of hydrogen-bond acceptors (Lipinski definition) is 3. The predicted octanol–water partition coefficient (Wildman–Crippen LogP) is 2.63. The van der Waals surface area contributed by atoms with Gasteiger partial charge in [-0.3, -0.25) is 0 Å². The molecule has 0 aliphatic rings. The van der Waals surface area contributed by atoms with Crippen LogP contribution in [0.4, 0.5) is 10.5 Å².